The van der Waals surface area contributed by atoms with Crippen molar-refractivity contribution in [1.29, 1.82) is 0 Å². The Bertz CT molecular complexity index is 611. The third kappa shape index (κ3) is 6.86. The van der Waals surface area contributed by atoms with Crippen molar-refractivity contribution in [1.82, 2.24) is 15.0 Å². The zero-order valence-corrected chi connectivity index (χ0v) is 16.3. The quantitative estimate of drug-likeness (QED) is 0.541. The minimum absolute atomic E-state index is 0.260. The van der Waals surface area contributed by atoms with Crippen LogP contribution in [0.5, 0.6) is 0 Å². The molecule has 0 spiro atoms. The number of ether oxygens (including phenoxy) is 1. The molecule has 0 saturated carbocycles. The van der Waals surface area contributed by atoms with Crippen LogP contribution in [0.2, 0.25) is 0 Å². The molecule has 22 heavy (non-hydrogen) atoms. The third-order valence-corrected chi connectivity index (χ3v) is 2.36. The number of halogens is 4. The van der Waals surface area contributed by atoms with Crippen molar-refractivity contribution < 1.29 is 21.9 Å². The van der Waals surface area contributed by atoms with E-state index in [2.05, 4.69) is 10.3 Å². The van der Waals surface area contributed by atoms with Gasteiger partial charge in [0.2, 0.25) is 0 Å². The maximum absolute atomic E-state index is 11.6. The van der Waals surface area contributed by atoms with Gasteiger partial charge >= 0.3 is 55.5 Å². The van der Waals surface area contributed by atoms with Crippen LogP contribution >= 0.6 is 37.2 Å². The van der Waals surface area contributed by atoms with E-state index in [0.29, 0.717) is 12.3 Å². The predicted molar refractivity (Wildman–Crippen MR) is 85.5 cm³/mol. The first-order valence-corrected chi connectivity index (χ1v) is 14.7. The van der Waals surface area contributed by atoms with Crippen LogP contribution in [0.3, 0.4) is 0 Å². The zero-order valence-electron chi connectivity index (χ0n) is 11.8. The average molecular weight is 421 g/mol. The van der Waals surface area contributed by atoms with Crippen LogP contribution in [0.15, 0.2) is 30.3 Å². The van der Waals surface area contributed by atoms with E-state index < -0.39 is 18.3 Å². The summed E-state index contributed by atoms with van der Waals surface area (Å²) >= 11 is -3.11. The second kappa shape index (κ2) is 9.11. The van der Waals surface area contributed by atoms with Crippen molar-refractivity contribution in [2.75, 3.05) is 6.61 Å². The van der Waals surface area contributed by atoms with Gasteiger partial charge in [0.05, 0.1) is 18.0 Å². The number of esters is 1. The Kier molecular flexibility index (Phi) is 8.18. The molecule has 0 N–H and O–H groups in total. The molecular weight excluding hydrogens is 408 g/mol. The van der Waals surface area contributed by atoms with Crippen LogP contribution in [-0.4, -0.2) is 27.6 Å². The van der Waals surface area contributed by atoms with Crippen LogP contribution < -0.4 is 0 Å². The van der Waals surface area contributed by atoms with Gasteiger partial charge in [-0.25, -0.2) is 9.48 Å². The van der Waals surface area contributed by atoms with Crippen LogP contribution in [0.25, 0.3) is 5.69 Å². The molecule has 2 aromatic rings. The van der Waals surface area contributed by atoms with Gasteiger partial charge in [0.15, 0.2) is 5.69 Å². The number of carbonyl (C=O) groups is 1. The molecule has 120 valence electrons. The summed E-state index contributed by atoms with van der Waals surface area (Å²) < 4.78 is 6.52. The van der Waals surface area contributed by atoms with Gasteiger partial charge in [-0.05, 0) is 26.0 Å². The molecule has 1 heterocycles. The summed E-state index contributed by atoms with van der Waals surface area (Å²) in [7, 11) is 20.1. The minimum atomic E-state index is -3.11. The Morgan fingerprint density at radius 3 is 2.27 bits per heavy atom. The van der Waals surface area contributed by atoms with Gasteiger partial charge in [0.25, 0.3) is 0 Å². The molecule has 0 amide bonds. The van der Waals surface area contributed by atoms with E-state index in [9.17, 15) is 4.79 Å². The molecule has 0 radical (unpaired) electrons. The van der Waals surface area contributed by atoms with Gasteiger partial charge in [0.1, 0.15) is 0 Å². The van der Waals surface area contributed by atoms with Crippen molar-refractivity contribution in [3.8, 4) is 5.69 Å². The Morgan fingerprint density at radius 2 is 1.77 bits per heavy atom. The molecule has 0 atom stereocenters. The molecular formula is C12H13Cl4N3O2Ti. The Morgan fingerprint density at radius 1 is 1.23 bits per heavy atom. The molecule has 0 saturated heterocycles. The Balaban J connectivity index is 0.000000422. The molecule has 10 heteroatoms. The first kappa shape index (κ1) is 19.8. The summed E-state index contributed by atoms with van der Waals surface area (Å²) in [4.78, 5) is 11.6. The summed E-state index contributed by atoms with van der Waals surface area (Å²) in [5.74, 6) is -0.438. The van der Waals surface area contributed by atoms with E-state index in [-0.39, 0.29) is 5.69 Å². The average Bonchev–Trinajstić information content (AvgIpc) is 2.80. The third-order valence-electron chi connectivity index (χ3n) is 2.36. The molecule has 1 aromatic heterocycles. The second-order valence-corrected chi connectivity index (χ2v) is 19.4. The van der Waals surface area contributed by atoms with E-state index in [1.54, 1.807) is 18.5 Å². The van der Waals surface area contributed by atoms with E-state index in [0.717, 1.165) is 5.69 Å². The molecule has 5 nitrogen and oxygen atoms in total. The molecule has 0 aliphatic heterocycles. The monoisotopic (exact) mass is 419 g/mol. The number of hydrogen-bond acceptors (Lipinski definition) is 4. The van der Waals surface area contributed by atoms with Gasteiger partial charge < -0.3 is 4.74 Å². The van der Waals surface area contributed by atoms with Crippen LogP contribution in [0.4, 0.5) is 0 Å². The first-order chi connectivity index (χ1) is 10.2. The van der Waals surface area contributed by atoms with Crippen molar-refractivity contribution in [3.05, 3.63) is 41.7 Å². The summed E-state index contributed by atoms with van der Waals surface area (Å²) in [6.45, 7) is 3.88. The van der Waals surface area contributed by atoms with Crippen molar-refractivity contribution in [3.63, 3.8) is 0 Å². The molecule has 2 rings (SSSR count). The second-order valence-electron chi connectivity index (χ2n) is 3.92. The van der Waals surface area contributed by atoms with E-state index in [1.165, 1.54) is 0 Å². The van der Waals surface area contributed by atoms with Gasteiger partial charge in [-0.3, -0.25) is 0 Å². The molecule has 0 unspecified atom stereocenters. The molecule has 0 bridgehead atoms. The van der Waals surface area contributed by atoms with Gasteiger partial charge in [-0.2, -0.15) is 0 Å². The first-order valence-electron chi connectivity index (χ1n) is 6.14. The van der Waals surface area contributed by atoms with Gasteiger partial charge in [-0.1, -0.05) is 23.4 Å². The van der Waals surface area contributed by atoms with Crippen LogP contribution in [0, 0.1) is 6.92 Å². The van der Waals surface area contributed by atoms with E-state index >= 15 is 0 Å². The van der Waals surface area contributed by atoms with E-state index in [1.807, 2.05) is 30.3 Å². The fraction of sp³-hybridized carbons (Fsp3) is 0.250. The number of hydrogen-bond donors (Lipinski definition) is 0. The van der Waals surface area contributed by atoms with Crippen LogP contribution in [0.1, 0.15) is 23.1 Å². The number of rotatable bonds is 3. The summed E-state index contributed by atoms with van der Waals surface area (Å²) in [5.41, 5.74) is 1.80. The summed E-state index contributed by atoms with van der Waals surface area (Å²) in [6.07, 6.45) is 0. The zero-order chi connectivity index (χ0) is 16.8. The maximum atomic E-state index is 11.6. The van der Waals surface area contributed by atoms with E-state index in [4.69, 9.17) is 42.0 Å². The van der Waals surface area contributed by atoms with Crippen molar-refractivity contribution in [2.45, 2.75) is 13.8 Å². The summed E-state index contributed by atoms with van der Waals surface area (Å²) in [6, 6.07) is 9.52. The number of carbonyl (C=O) groups excluding carboxylic acids is 1. The van der Waals surface area contributed by atoms with Gasteiger partial charge in [-0.15, -0.1) is 5.10 Å². The number of nitrogens with zero attached hydrogens (tertiary/aromatic N) is 3. The molecule has 1 aromatic carbocycles. The topological polar surface area (TPSA) is 57.0 Å². The Labute approximate surface area is 147 Å². The number of benzene rings is 1. The fourth-order valence-corrected chi connectivity index (χ4v) is 1.53. The number of aromatic nitrogens is 3. The van der Waals surface area contributed by atoms with Crippen molar-refractivity contribution in [2.24, 2.45) is 0 Å². The SMILES string of the molecule is CCOC(=O)c1nnn(-c2ccccc2)c1C.[Cl][Ti]([Cl])([Cl])[Cl]. The Hall–Kier alpha value is -0.296. The van der Waals surface area contributed by atoms with Crippen molar-refractivity contribution >= 4 is 43.2 Å². The van der Waals surface area contributed by atoms with Crippen LogP contribution in [-0.2, 0) is 17.1 Å². The standard InChI is InChI=1S/C12H13N3O2.4ClH.Ti/c1-3-17-12(16)11-9(2)15(14-13-11)10-7-5-4-6-8-10;;;;;/h4-8H,3H2,1-2H3;4*1H;/q;;;;;+4/p-4. The van der Waals surface area contributed by atoms with Gasteiger partial charge in [0, 0.05) is 0 Å². The summed E-state index contributed by atoms with van der Waals surface area (Å²) in [5, 5.41) is 7.80. The predicted octanol–water partition coefficient (Wildman–Crippen LogP) is 4.51. The number of para-hydroxylation sites is 1. The molecule has 0 aliphatic carbocycles. The molecule has 0 aliphatic rings. The fourth-order valence-electron chi connectivity index (χ4n) is 1.53. The molecule has 0 fully saturated rings. The normalized spacial score (nSPS) is 10.6.